The number of nitrogens with one attached hydrogen (secondary N) is 1. The SMILES string of the molecule is CNCc1ccc(S(=O)(=O)N2CCCC(C(C)C)CC2)o1. The highest BCUT2D eigenvalue weighted by molar-refractivity contribution is 7.89. The molecule has 0 saturated carbocycles. The highest BCUT2D eigenvalue weighted by Gasteiger charge is 2.30. The van der Waals surface area contributed by atoms with E-state index >= 15 is 0 Å². The molecule has 0 radical (unpaired) electrons. The fraction of sp³-hybridized carbons (Fsp3) is 0.733. The van der Waals surface area contributed by atoms with Gasteiger partial charge >= 0.3 is 0 Å². The quantitative estimate of drug-likeness (QED) is 0.907. The number of furan rings is 1. The Hall–Kier alpha value is -0.850. The van der Waals surface area contributed by atoms with Crippen LogP contribution in [0.25, 0.3) is 0 Å². The Labute approximate surface area is 127 Å². The molecular weight excluding hydrogens is 288 g/mol. The Morgan fingerprint density at radius 2 is 2.10 bits per heavy atom. The van der Waals surface area contributed by atoms with Crippen LogP contribution in [0.3, 0.4) is 0 Å². The van der Waals surface area contributed by atoms with Gasteiger partial charge in [-0.1, -0.05) is 13.8 Å². The van der Waals surface area contributed by atoms with Gasteiger partial charge < -0.3 is 9.73 Å². The Morgan fingerprint density at radius 3 is 2.76 bits per heavy atom. The highest BCUT2D eigenvalue weighted by atomic mass is 32.2. The molecule has 1 saturated heterocycles. The van der Waals surface area contributed by atoms with E-state index in [1.54, 1.807) is 23.5 Å². The Kier molecular flexibility index (Phi) is 5.46. The van der Waals surface area contributed by atoms with E-state index in [4.69, 9.17) is 4.42 Å². The lowest BCUT2D eigenvalue weighted by atomic mass is 9.89. The Morgan fingerprint density at radius 1 is 1.33 bits per heavy atom. The molecule has 21 heavy (non-hydrogen) atoms. The number of nitrogens with zero attached hydrogens (tertiary/aromatic N) is 1. The molecule has 0 aromatic carbocycles. The lowest BCUT2D eigenvalue weighted by molar-refractivity contribution is 0.336. The third-order valence-corrected chi connectivity index (χ3v) is 6.03. The van der Waals surface area contributed by atoms with Crippen LogP contribution in [-0.4, -0.2) is 32.9 Å². The minimum atomic E-state index is -3.49. The fourth-order valence-electron chi connectivity index (χ4n) is 2.90. The molecule has 1 atom stereocenters. The summed E-state index contributed by atoms with van der Waals surface area (Å²) in [6.07, 6.45) is 2.96. The van der Waals surface area contributed by atoms with E-state index < -0.39 is 10.0 Å². The van der Waals surface area contributed by atoms with Gasteiger partial charge in [-0.25, -0.2) is 8.42 Å². The Bertz CT molecular complexity index is 551. The largest absolute Gasteiger partial charge is 0.447 e. The fourth-order valence-corrected chi connectivity index (χ4v) is 4.32. The third-order valence-electron chi connectivity index (χ3n) is 4.26. The standard InChI is InChI=1S/C15H26N2O3S/c1-12(2)13-5-4-9-17(10-8-13)21(18,19)15-7-6-14(20-15)11-16-3/h6-7,12-13,16H,4-5,8-11H2,1-3H3. The zero-order valence-electron chi connectivity index (χ0n) is 13.1. The number of rotatable bonds is 5. The zero-order valence-corrected chi connectivity index (χ0v) is 13.9. The molecule has 1 aliphatic rings. The molecule has 6 heteroatoms. The molecule has 1 aromatic heterocycles. The average molecular weight is 314 g/mol. The number of hydrogen-bond acceptors (Lipinski definition) is 4. The summed E-state index contributed by atoms with van der Waals surface area (Å²) in [5.74, 6) is 1.87. The maximum atomic E-state index is 12.6. The summed E-state index contributed by atoms with van der Waals surface area (Å²) in [4.78, 5) is 0. The first-order valence-electron chi connectivity index (χ1n) is 7.68. The molecule has 1 aromatic rings. The van der Waals surface area contributed by atoms with Gasteiger partial charge in [0.25, 0.3) is 10.0 Å². The lowest BCUT2D eigenvalue weighted by Crippen LogP contribution is -2.32. The van der Waals surface area contributed by atoms with Crippen molar-refractivity contribution >= 4 is 10.0 Å². The molecule has 1 fully saturated rings. The van der Waals surface area contributed by atoms with Gasteiger partial charge in [-0.3, -0.25) is 0 Å². The second kappa shape index (κ2) is 6.94. The first-order chi connectivity index (χ1) is 9.95. The van der Waals surface area contributed by atoms with Crippen molar-refractivity contribution in [1.29, 1.82) is 0 Å². The van der Waals surface area contributed by atoms with Crippen molar-refractivity contribution in [3.8, 4) is 0 Å². The first kappa shape index (κ1) is 16.5. The second-order valence-corrected chi connectivity index (χ2v) is 7.96. The minimum Gasteiger partial charge on any atom is -0.447 e. The molecule has 120 valence electrons. The lowest BCUT2D eigenvalue weighted by Gasteiger charge is -2.20. The van der Waals surface area contributed by atoms with Crippen molar-refractivity contribution in [1.82, 2.24) is 9.62 Å². The normalized spacial score (nSPS) is 21.6. The van der Waals surface area contributed by atoms with Crippen molar-refractivity contribution < 1.29 is 12.8 Å². The van der Waals surface area contributed by atoms with Crippen molar-refractivity contribution in [2.24, 2.45) is 11.8 Å². The van der Waals surface area contributed by atoms with Crippen molar-refractivity contribution in [3.63, 3.8) is 0 Å². The Balaban J connectivity index is 2.11. The van der Waals surface area contributed by atoms with E-state index in [1.165, 1.54) is 0 Å². The van der Waals surface area contributed by atoms with Gasteiger partial charge in [0.05, 0.1) is 6.54 Å². The van der Waals surface area contributed by atoms with Crippen LogP contribution in [-0.2, 0) is 16.6 Å². The third kappa shape index (κ3) is 3.87. The van der Waals surface area contributed by atoms with Gasteiger partial charge in [0.2, 0.25) is 5.09 Å². The van der Waals surface area contributed by atoms with Crippen LogP contribution in [0.5, 0.6) is 0 Å². The summed E-state index contributed by atoms with van der Waals surface area (Å²) < 4.78 is 32.3. The molecule has 5 nitrogen and oxygen atoms in total. The van der Waals surface area contributed by atoms with Crippen LogP contribution in [0.4, 0.5) is 0 Å². The second-order valence-electron chi connectivity index (χ2n) is 6.09. The van der Waals surface area contributed by atoms with Crippen molar-refractivity contribution in [3.05, 3.63) is 17.9 Å². The molecule has 1 aliphatic heterocycles. The summed E-state index contributed by atoms with van der Waals surface area (Å²) >= 11 is 0. The van der Waals surface area contributed by atoms with E-state index in [0.717, 1.165) is 19.3 Å². The summed E-state index contributed by atoms with van der Waals surface area (Å²) in [5, 5.41) is 3.02. The summed E-state index contributed by atoms with van der Waals surface area (Å²) in [5.41, 5.74) is 0. The molecule has 1 unspecified atom stereocenters. The minimum absolute atomic E-state index is 0.0655. The van der Waals surface area contributed by atoms with Crippen LogP contribution in [0.15, 0.2) is 21.6 Å². The molecule has 1 N–H and O–H groups in total. The average Bonchev–Trinajstić information content (AvgIpc) is 2.75. The van der Waals surface area contributed by atoms with Crippen LogP contribution in [0, 0.1) is 11.8 Å². The van der Waals surface area contributed by atoms with Gasteiger partial charge in [-0.05, 0) is 50.3 Å². The first-order valence-corrected chi connectivity index (χ1v) is 9.12. The van der Waals surface area contributed by atoms with Crippen LogP contribution >= 0.6 is 0 Å². The van der Waals surface area contributed by atoms with E-state index in [1.807, 2.05) is 0 Å². The summed E-state index contributed by atoms with van der Waals surface area (Å²) in [6, 6.07) is 3.28. The van der Waals surface area contributed by atoms with Crippen molar-refractivity contribution in [2.45, 2.75) is 44.7 Å². The topological polar surface area (TPSA) is 62.6 Å². The maximum absolute atomic E-state index is 12.6. The summed E-state index contributed by atoms with van der Waals surface area (Å²) in [7, 11) is -1.69. The molecular formula is C15H26N2O3S. The molecule has 2 rings (SSSR count). The maximum Gasteiger partial charge on any atom is 0.276 e. The van der Waals surface area contributed by atoms with E-state index in [0.29, 0.717) is 37.2 Å². The molecule has 2 heterocycles. The zero-order chi connectivity index (χ0) is 15.5. The van der Waals surface area contributed by atoms with Gasteiger partial charge in [-0.2, -0.15) is 4.31 Å². The van der Waals surface area contributed by atoms with Crippen LogP contribution in [0.2, 0.25) is 0 Å². The van der Waals surface area contributed by atoms with Gasteiger partial charge in [0.15, 0.2) is 0 Å². The monoisotopic (exact) mass is 314 g/mol. The molecule has 0 bridgehead atoms. The van der Waals surface area contributed by atoms with E-state index in [-0.39, 0.29) is 5.09 Å². The molecule has 0 amide bonds. The van der Waals surface area contributed by atoms with E-state index in [9.17, 15) is 8.42 Å². The van der Waals surface area contributed by atoms with Crippen LogP contribution < -0.4 is 5.32 Å². The van der Waals surface area contributed by atoms with Gasteiger partial charge in [-0.15, -0.1) is 0 Å². The predicted molar refractivity (Wildman–Crippen MR) is 82.4 cm³/mol. The number of hydrogen-bond donors (Lipinski definition) is 1. The summed E-state index contributed by atoms with van der Waals surface area (Å²) in [6.45, 7) is 6.14. The highest BCUT2D eigenvalue weighted by Crippen LogP contribution is 2.28. The van der Waals surface area contributed by atoms with Gasteiger partial charge in [0.1, 0.15) is 5.76 Å². The van der Waals surface area contributed by atoms with Gasteiger partial charge in [0, 0.05) is 13.1 Å². The molecule has 0 spiro atoms. The predicted octanol–water partition coefficient (Wildman–Crippen LogP) is 2.45. The van der Waals surface area contributed by atoms with Crippen LogP contribution in [0.1, 0.15) is 38.9 Å². The van der Waals surface area contributed by atoms with E-state index in [2.05, 4.69) is 19.2 Å². The number of sulfonamides is 1. The molecule has 0 aliphatic carbocycles. The van der Waals surface area contributed by atoms with Crippen molar-refractivity contribution in [2.75, 3.05) is 20.1 Å². The smallest absolute Gasteiger partial charge is 0.276 e.